The lowest BCUT2D eigenvalue weighted by Crippen LogP contribution is -2.42. The summed E-state index contributed by atoms with van der Waals surface area (Å²) in [6.07, 6.45) is 2.02. The van der Waals surface area contributed by atoms with Crippen molar-refractivity contribution in [1.29, 1.82) is 0 Å². The van der Waals surface area contributed by atoms with Gasteiger partial charge in [-0.3, -0.25) is 0 Å². The van der Waals surface area contributed by atoms with Crippen molar-refractivity contribution in [3.05, 3.63) is 0 Å². The van der Waals surface area contributed by atoms with Crippen LogP contribution in [0, 0.1) is 0 Å². The van der Waals surface area contributed by atoms with E-state index in [1.165, 1.54) is 6.04 Å². The monoisotopic (exact) mass is 298 g/mol. The maximum atomic E-state index is 5.36. The van der Waals surface area contributed by atoms with Gasteiger partial charge < -0.3 is 29.2 Å². The van der Waals surface area contributed by atoms with Crippen LogP contribution >= 0.6 is 0 Å². The van der Waals surface area contributed by atoms with E-state index in [0.717, 1.165) is 25.4 Å². The van der Waals surface area contributed by atoms with E-state index < -0.39 is 8.80 Å². The van der Waals surface area contributed by atoms with Crippen LogP contribution in [0.2, 0.25) is 12.1 Å². The molecule has 8 heteroatoms. The molecule has 0 amide bonds. The first-order chi connectivity index (χ1) is 8.66. The third-order valence-corrected chi connectivity index (χ3v) is 6.45. The number of nitrogens with two attached hydrogens (primary N) is 2. The third kappa shape index (κ3) is 11.3. The van der Waals surface area contributed by atoms with Crippen molar-refractivity contribution in [1.82, 2.24) is 0 Å². The Hall–Kier alpha value is 0.194. The lowest BCUT2D eigenvalue weighted by Gasteiger charge is -2.23. The number of hydrogen-bond acceptors (Lipinski definition) is 6. The zero-order chi connectivity index (χ0) is 14.3. The molecule has 0 rings (SSSR count). The van der Waals surface area contributed by atoms with Crippen LogP contribution in [-0.2, 0) is 17.7 Å². The molecule has 112 valence electrons. The topological polar surface area (TPSA) is 89.0 Å². The summed E-state index contributed by atoms with van der Waals surface area (Å²) in [6.45, 7) is 1.46. The Morgan fingerprint density at radius 1 is 0.889 bits per heavy atom. The van der Waals surface area contributed by atoms with Crippen LogP contribution in [0.5, 0.6) is 0 Å². The fraction of sp³-hybridized carbons (Fsp3) is 1.00. The van der Waals surface area contributed by atoms with Crippen LogP contribution < -0.4 is 11.5 Å². The van der Waals surface area contributed by atoms with Gasteiger partial charge in [0.1, 0.15) is 0 Å². The van der Waals surface area contributed by atoms with E-state index in [2.05, 4.69) is 0 Å². The predicted molar refractivity (Wildman–Crippen MR) is 79.3 cm³/mol. The van der Waals surface area contributed by atoms with E-state index in [1.54, 1.807) is 28.4 Å². The molecule has 0 saturated heterocycles. The molecule has 0 radical (unpaired) electrons. The first-order valence-electron chi connectivity index (χ1n) is 6.20. The summed E-state index contributed by atoms with van der Waals surface area (Å²) in [5, 5.41) is 0. The molecule has 0 aromatic carbocycles. The van der Waals surface area contributed by atoms with E-state index in [0.29, 0.717) is 6.54 Å². The van der Waals surface area contributed by atoms with Crippen molar-refractivity contribution in [2.45, 2.75) is 24.9 Å². The van der Waals surface area contributed by atoms with Gasteiger partial charge >= 0.3 is 8.80 Å². The molecular weight excluding hydrogens is 268 g/mol. The number of rotatable bonds is 10. The molecule has 0 aromatic rings. The number of hydrogen-bond donors (Lipinski definition) is 2. The third-order valence-electron chi connectivity index (χ3n) is 2.42. The average molecular weight is 299 g/mol. The van der Waals surface area contributed by atoms with Crippen LogP contribution in [0.4, 0.5) is 0 Å². The van der Waals surface area contributed by atoms with E-state index in [4.69, 9.17) is 29.2 Å². The summed E-state index contributed by atoms with van der Waals surface area (Å²) >= 11 is 0. The van der Waals surface area contributed by atoms with Gasteiger partial charge in [0.05, 0.1) is 0 Å². The summed E-state index contributed by atoms with van der Waals surface area (Å²) in [4.78, 5) is 0. The van der Waals surface area contributed by atoms with Gasteiger partial charge in [-0.05, 0) is 32.0 Å². The Balaban J connectivity index is 0. The summed E-state index contributed by atoms with van der Waals surface area (Å²) in [5.41, 5.74) is 10.6. The molecule has 0 aliphatic carbocycles. The highest BCUT2D eigenvalue weighted by atomic mass is 28.4. The van der Waals surface area contributed by atoms with E-state index in [-0.39, 0.29) is 9.76 Å². The molecule has 6 nitrogen and oxygen atoms in total. The van der Waals surface area contributed by atoms with Gasteiger partial charge in [0, 0.05) is 34.5 Å². The largest absolute Gasteiger partial charge is 0.500 e. The van der Waals surface area contributed by atoms with Gasteiger partial charge in [0.25, 0.3) is 0 Å². The second-order valence-corrected chi connectivity index (χ2v) is 8.46. The van der Waals surface area contributed by atoms with Crippen molar-refractivity contribution < 1.29 is 17.7 Å². The molecule has 0 saturated carbocycles. The molecule has 0 fully saturated rings. The smallest absolute Gasteiger partial charge is 0.427 e. The van der Waals surface area contributed by atoms with E-state index in [9.17, 15) is 0 Å². The van der Waals surface area contributed by atoms with Gasteiger partial charge in [-0.25, -0.2) is 0 Å². The Morgan fingerprint density at radius 2 is 1.39 bits per heavy atom. The molecule has 0 aliphatic rings. The molecule has 0 heterocycles. The van der Waals surface area contributed by atoms with Crippen molar-refractivity contribution >= 4 is 18.6 Å². The SMILES string of the molecule is CO[SiH2]CCCN.CO[Si](CCCN)(OC)OC. The van der Waals surface area contributed by atoms with Gasteiger partial charge in [0.15, 0.2) is 9.76 Å². The highest BCUT2D eigenvalue weighted by Crippen LogP contribution is 2.13. The second-order valence-electron chi connectivity index (χ2n) is 3.68. The maximum absolute atomic E-state index is 5.36. The fourth-order valence-corrected chi connectivity index (χ4v) is 3.80. The second kappa shape index (κ2) is 15.3. The molecule has 0 spiro atoms. The molecule has 0 unspecified atom stereocenters. The highest BCUT2D eigenvalue weighted by molar-refractivity contribution is 6.60. The van der Waals surface area contributed by atoms with Crippen molar-refractivity contribution in [2.24, 2.45) is 11.5 Å². The zero-order valence-electron chi connectivity index (χ0n) is 12.2. The standard InChI is InChI=1S/C6H17NO3Si.C4H13NOSi/c1-8-11(9-2,10-3)6-4-5-7;1-6-7-4-2-3-5/h4-7H2,1-3H3;2-5,7H2,1H3. The van der Waals surface area contributed by atoms with Crippen molar-refractivity contribution in [2.75, 3.05) is 41.5 Å². The van der Waals surface area contributed by atoms with Crippen molar-refractivity contribution in [3.63, 3.8) is 0 Å². The summed E-state index contributed by atoms with van der Waals surface area (Å²) in [5.74, 6) is 0. The molecule has 4 N–H and O–H groups in total. The lowest BCUT2D eigenvalue weighted by atomic mass is 10.5. The minimum Gasteiger partial charge on any atom is -0.427 e. The Labute approximate surface area is 115 Å². The lowest BCUT2D eigenvalue weighted by molar-refractivity contribution is 0.123. The van der Waals surface area contributed by atoms with E-state index >= 15 is 0 Å². The van der Waals surface area contributed by atoms with Crippen LogP contribution in [-0.4, -0.2) is 60.1 Å². The van der Waals surface area contributed by atoms with Gasteiger partial charge in [-0.15, -0.1) is 0 Å². The first kappa shape index (κ1) is 20.5. The minimum atomic E-state index is -2.32. The van der Waals surface area contributed by atoms with Gasteiger partial charge in [0.2, 0.25) is 0 Å². The van der Waals surface area contributed by atoms with Crippen LogP contribution in [0.25, 0.3) is 0 Å². The molecule has 0 atom stereocenters. The first-order valence-corrected chi connectivity index (χ1v) is 9.71. The normalized spacial score (nSPS) is 11.7. The van der Waals surface area contributed by atoms with Crippen LogP contribution in [0.1, 0.15) is 12.8 Å². The Bertz CT molecular complexity index is 151. The summed E-state index contributed by atoms with van der Waals surface area (Å²) in [7, 11) is 4.10. The summed E-state index contributed by atoms with van der Waals surface area (Å²) < 4.78 is 20.5. The summed E-state index contributed by atoms with van der Waals surface area (Å²) in [6, 6.07) is 2.01. The van der Waals surface area contributed by atoms with E-state index in [1.807, 2.05) is 0 Å². The van der Waals surface area contributed by atoms with Crippen LogP contribution in [0.15, 0.2) is 0 Å². The van der Waals surface area contributed by atoms with Gasteiger partial charge in [-0.2, -0.15) is 0 Å². The maximum Gasteiger partial charge on any atom is 0.500 e. The zero-order valence-corrected chi connectivity index (χ0v) is 14.7. The Kier molecular flexibility index (Phi) is 17.4. The molecule has 0 aliphatic heterocycles. The molecule has 0 bridgehead atoms. The van der Waals surface area contributed by atoms with Gasteiger partial charge in [-0.1, -0.05) is 0 Å². The van der Waals surface area contributed by atoms with Crippen molar-refractivity contribution in [3.8, 4) is 0 Å². The predicted octanol–water partition coefficient (Wildman–Crippen LogP) is -0.303. The van der Waals surface area contributed by atoms with Crippen LogP contribution in [0.3, 0.4) is 0 Å². The average Bonchev–Trinajstić information content (AvgIpc) is 2.42. The minimum absolute atomic E-state index is 0.169. The Morgan fingerprint density at radius 3 is 1.72 bits per heavy atom. The molecule has 0 aromatic heterocycles. The molecular formula is C10H30N2O4Si2. The molecule has 18 heavy (non-hydrogen) atoms. The quantitative estimate of drug-likeness (QED) is 0.425. The highest BCUT2D eigenvalue weighted by Gasteiger charge is 2.36. The fourth-order valence-electron chi connectivity index (χ4n) is 1.27.